The molecule has 1 fully saturated rings. The predicted octanol–water partition coefficient (Wildman–Crippen LogP) is 6.31. The van der Waals surface area contributed by atoms with Crippen molar-refractivity contribution in [1.82, 2.24) is 14.8 Å². The Morgan fingerprint density at radius 1 is 1.09 bits per heavy atom. The summed E-state index contributed by atoms with van der Waals surface area (Å²) in [4.78, 5) is 31.3. The first kappa shape index (κ1) is 26.1. The number of rotatable bonds is 2. The molecule has 0 saturated heterocycles. The topological polar surface area (TPSA) is 65.6 Å². The molecule has 2 aliphatic rings. The van der Waals surface area contributed by atoms with Crippen LogP contribution in [-0.4, -0.2) is 53.0 Å². The highest BCUT2D eigenvalue weighted by Gasteiger charge is 2.37. The van der Waals surface area contributed by atoms with Crippen molar-refractivity contribution in [2.75, 3.05) is 20.6 Å². The number of nitrogens with zero attached hydrogens (tertiary/aromatic N) is 2. The zero-order valence-electron chi connectivity index (χ0n) is 22.1. The number of hydrogen-bond donors (Lipinski definition) is 1. The van der Waals surface area contributed by atoms with Crippen LogP contribution >= 0.6 is 0 Å². The van der Waals surface area contributed by atoms with Crippen LogP contribution in [0.1, 0.15) is 84.0 Å². The largest absolute Gasteiger partial charge is 0.444 e. The van der Waals surface area contributed by atoms with E-state index in [0.29, 0.717) is 11.8 Å². The highest BCUT2D eigenvalue weighted by atomic mass is 16.6. The van der Waals surface area contributed by atoms with Crippen molar-refractivity contribution < 1.29 is 14.3 Å². The highest BCUT2D eigenvalue weighted by molar-refractivity contribution is 5.86. The van der Waals surface area contributed by atoms with Crippen LogP contribution in [0, 0.1) is 11.8 Å². The second-order valence-electron chi connectivity index (χ2n) is 11.2. The summed E-state index contributed by atoms with van der Waals surface area (Å²) in [6, 6.07) is 8.74. The third-order valence-corrected chi connectivity index (χ3v) is 6.71. The number of ether oxygens (including phenoxy) is 1. The molecule has 6 nitrogen and oxygen atoms in total. The fourth-order valence-corrected chi connectivity index (χ4v) is 5.15. The third kappa shape index (κ3) is 6.13. The van der Waals surface area contributed by atoms with Crippen LogP contribution in [-0.2, 0) is 16.0 Å². The zero-order valence-corrected chi connectivity index (χ0v) is 22.1. The van der Waals surface area contributed by atoms with E-state index < -0.39 is 0 Å². The minimum atomic E-state index is -0.388. The highest BCUT2D eigenvalue weighted by Crippen LogP contribution is 2.40. The van der Waals surface area contributed by atoms with E-state index in [0.717, 1.165) is 25.8 Å². The van der Waals surface area contributed by atoms with E-state index in [9.17, 15) is 9.59 Å². The Bertz CT molecular complexity index is 980. The van der Waals surface area contributed by atoms with E-state index in [1.807, 2.05) is 20.8 Å². The van der Waals surface area contributed by atoms with E-state index >= 15 is 0 Å². The van der Waals surface area contributed by atoms with Gasteiger partial charge in [0.1, 0.15) is 5.60 Å². The summed E-state index contributed by atoms with van der Waals surface area (Å²) < 4.78 is 4.99. The number of carbonyl (C=O) groups is 2. The van der Waals surface area contributed by atoms with Crippen LogP contribution in [0.4, 0.5) is 4.79 Å². The van der Waals surface area contributed by atoms with Crippen LogP contribution in [0.5, 0.6) is 0 Å². The molecule has 1 aromatic heterocycles. The van der Waals surface area contributed by atoms with Gasteiger partial charge in [-0.25, -0.2) is 4.79 Å². The fourth-order valence-electron chi connectivity index (χ4n) is 5.15. The minimum absolute atomic E-state index is 0.190. The summed E-state index contributed by atoms with van der Waals surface area (Å²) in [5.74, 6) is 1.08. The molecule has 2 heterocycles. The fraction of sp³-hybridized carbons (Fsp3) is 0.643. The van der Waals surface area contributed by atoms with Crippen molar-refractivity contribution >= 4 is 22.9 Å². The second-order valence-corrected chi connectivity index (χ2v) is 11.2. The van der Waals surface area contributed by atoms with Gasteiger partial charge in [-0.3, -0.25) is 4.79 Å². The molecule has 34 heavy (non-hydrogen) atoms. The molecular formula is C28H43N3O3. The molecule has 0 spiro atoms. The Balaban J connectivity index is 0.000000277. The number of H-pyrrole nitrogens is 1. The zero-order chi connectivity index (χ0) is 25.0. The molecule has 1 aromatic carbocycles. The van der Waals surface area contributed by atoms with Gasteiger partial charge < -0.3 is 19.5 Å². The van der Waals surface area contributed by atoms with Crippen LogP contribution in [0.3, 0.4) is 0 Å². The first-order valence-electron chi connectivity index (χ1n) is 12.8. The molecule has 0 radical (unpaired) electrons. The molecule has 6 heteroatoms. The van der Waals surface area contributed by atoms with Crippen molar-refractivity contribution in [2.24, 2.45) is 11.8 Å². The molecule has 1 saturated carbocycles. The van der Waals surface area contributed by atoms with Gasteiger partial charge in [0.2, 0.25) is 5.91 Å². The lowest BCUT2D eigenvalue weighted by Gasteiger charge is -2.40. The standard InChI is InChI=1S/C21H28N2O.C7H15NO2/c1-14(2)20-19-17(16-10-6-7-11-18(16)22-19)12-13-23(20)21(24)15-8-4-3-5-9-15;1-7(2,3)10-6(9)8(4)5/h6-7,10-11,14-15,20,22H,3-5,8-9,12-13H2,1-2H3;1-5H3. The number of amides is 2. The lowest BCUT2D eigenvalue weighted by molar-refractivity contribution is -0.140. The van der Waals surface area contributed by atoms with E-state index in [2.05, 4.69) is 48.0 Å². The maximum Gasteiger partial charge on any atom is 0.409 e. The molecule has 0 bridgehead atoms. The van der Waals surface area contributed by atoms with Gasteiger partial charge >= 0.3 is 6.09 Å². The van der Waals surface area contributed by atoms with Gasteiger partial charge in [0.05, 0.1) is 6.04 Å². The Kier molecular flexibility index (Phi) is 8.32. The summed E-state index contributed by atoms with van der Waals surface area (Å²) in [6.45, 7) is 10.9. The maximum absolute atomic E-state index is 13.2. The molecule has 1 N–H and O–H groups in total. The molecule has 2 aromatic rings. The van der Waals surface area contributed by atoms with Crippen LogP contribution in [0.25, 0.3) is 10.9 Å². The SMILES string of the molecule is CC(C)C1c2[nH]c3ccccc3c2CCN1C(=O)C1CCCCC1.CN(C)C(=O)OC(C)(C)C. The average Bonchev–Trinajstić information content (AvgIpc) is 3.16. The monoisotopic (exact) mass is 469 g/mol. The molecule has 1 atom stereocenters. The van der Waals surface area contributed by atoms with Gasteiger partial charge in [-0.1, -0.05) is 51.3 Å². The van der Waals surface area contributed by atoms with Crippen molar-refractivity contribution in [3.05, 3.63) is 35.5 Å². The Hall–Kier alpha value is -2.50. The minimum Gasteiger partial charge on any atom is -0.444 e. The number of carbonyl (C=O) groups excluding carboxylic acids is 2. The normalized spacial score (nSPS) is 18.8. The van der Waals surface area contributed by atoms with Crippen LogP contribution < -0.4 is 0 Å². The second kappa shape index (κ2) is 10.8. The summed E-state index contributed by atoms with van der Waals surface area (Å²) in [5.41, 5.74) is 3.53. The Morgan fingerprint density at radius 3 is 2.29 bits per heavy atom. The Labute approximate surface area is 205 Å². The van der Waals surface area contributed by atoms with Crippen LogP contribution in [0.2, 0.25) is 0 Å². The number of aromatic nitrogens is 1. The predicted molar refractivity (Wildman–Crippen MR) is 138 cm³/mol. The van der Waals surface area contributed by atoms with Crippen molar-refractivity contribution in [3.63, 3.8) is 0 Å². The van der Waals surface area contributed by atoms with E-state index in [1.54, 1.807) is 14.1 Å². The lowest BCUT2D eigenvalue weighted by atomic mass is 9.85. The van der Waals surface area contributed by atoms with E-state index in [-0.39, 0.29) is 23.7 Å². The van der Waals surface area contributed by atoms with Gasteiger partial charge in [-0.15, -0.1) is 0 Å². The molecule has 2 amide bonds. The van der Waals surface area contributed by atoms with Crippen molar-refractivity contribution in [1.29, 1.82) is 0 Å². The van der Waals surface area contributed by atoms with Gasteiger partial charge in [-0.05, 0) is 57.6 Å². The van der Waals surface area contributed by atoms with Gasteiger partial charge in [-0.2, -0.15) is 0 Å². The summed E-state index contributed by atoms with van der Waals surface area (Å²) in [6.07, 6.45) is 6.57. The summed E-state index contributed by atoms with van der Waals surface area (Å²) >= 11 is 0. The first-order valence-corrected chi connectivity index (χ1v) is 12.8. The van der Waals surface area contributed by atoms with E-state index in [4.69, 9.17) is 4.74 Å². The third-order valence-electron chi connectivity index (χ3n) is 6.71. The molecule has 188 valence electrons. The molecule has 1 aliphatic carbocycles. The quantitative estimate of drug-likeness (QED) is 0.560. The molecular weight excluding hydrogens is 426 g/mol. The number of hydrogen-bond acceptors (Lipinski definition) is 3. The average molecular weight is 470 g/mol. The molecule has 1 unspecified atom stereocenters. The Morgan fingerprint density at radius 2 is 1.74 bits per heavy atom. The van der Waals surface area contributed by atoms with Gasteiger partial charge in [0.25, 0.3) is 0 Å². The lowest BCUT2D eigenvalue weighted by Crippen LogP contribution is -2.45. The van der Waals surface area contributed by atoms with Gasteiger partial charge in [0.15, 0.2) is 0 Å². The van der Waals surface area contributed by atoms with Crippen molar-refractivity contribution in [3.8, 4) is 0 Å². The van der Waals surface area contributed by atoms with Crippen molar-refractivity contribution in [2.45, 2.75) is 84.8 Å². The number of nitrogens with one attached hydrogen (secondary N) is 1. The van der Waals surface area contributed by atoms with Gasteiger partial charge in [0, 0.05) is 43.2 Å². The number of benzene rings is 1. The summed E-state index contributed by atoms with van der Waals surface area (Å²) in [5, 5.41) is 1.34. The number of para-hydroxylation sites is 1. The van der Waals surface area contributed by atoms with E-state index in [1.165, 1.54) is 46.3 Å². The summed E-state index contributed by atoms with van der Waals surface area (Å²) in [7, 11) is 3.32. The maximum atomic E-state index is 13.2. The first-order chi connectivity index (χ1) is 16.0. The van der Waals surface area contributed by atoms with Crippen LogP contribution in [0.15, 0.2) is 24.3 Å². The molecule has 4 rings (SSSR count). The number of fused-ring (bicyclic) bond motifs is 3. The molecule has 1 aliphatic heterocycles. The number of aromatic amines is 1. The smallest absolute Gasteiger partial charge is 0.409 e.